The zero-order chi connectivity index (χ0) is 17.9. The maximum Gasteiger partial charge on any atom is 0.343 e. The predicted molar refractivity (Wildman–Crippen MR) is 83.8 cm³/mol. The van der Waals surface area contributed by atoms with E-state index >= 15 is 0 Å². The van der Waals surface area contributed by atoms with Gasteiger partial charge in [-0.1, -0.05) is 12.1 Å². The van der Waals surface area contributed by atoms with Gasteiger partial charge in [0.1, 0.15) is 17.1 Å². The minimum atomic E-state index is -0.942. The summed E-state index contributed by atoms with van der Waals surface area (Å²) in [6.45, 7) is 0. The van der Waals surface area contributed by atoms with E-state index in [0.29, 0.717) is 5.56 Å². The van der Waals surface area contributed by atoms with Crippen LogP contribution in [0.15, 0.2) is 35.3 Å². The quantitative estimate of drug-likeness (QED) is 0.590. The maximum absolute atomic E-state index is 12.2. The van der Waals surface area contributed by atoms with Crippen molar-refractivity contribution in [1.29, 1.82) is 0 Å². The lowest BCUT2D eigenvalue weighted by Crippen LogP contribution is -2.23. The first-order valence-corrected chi connectivity index (χ1v) is 6.95. The monoisotopic (exact) mass is 332 g/mol. The van der Waals surface area contributed by atoms with Gasteiger partial charge < -0.3 is 25.7 Å². The van der Waals surface area contributed by atoms with Crippen molar-refractivity contribution in [2.45, 2.75) is 12.3 Å². The Morgan fingerprint density at radius 2 is 2.04 bits per heavy atom. The summed E-state index contributed by atoms with van der Waals surface area (Å²) in [5, 5.41) is 20.0. The molecule has 2 rings (SSSR count). The molecule has 126 valence electrons. The molecule has 0 aliphatic heterocycles. The van der Waals surface area contributed by atoms with Crippen molar-refractivity contribution in [3.8, 4) is 11.5 Å². The fourth-order valence-electron chi connectivity index (χ4n) is 2.45. The van der Waals surface area contributed by atoms with Crippen LogP contribution in [0.5, 0.6) is 11.5 Å². The average molecular weight is 332 g/mol. The van der Waals surface area contributed by atoms with Crippen molar-refractivity contribution in [1.82, 2.24) is 4.98 Å². The molecule has 0 fully saturated rings. The number of phenolic OH excluding ortho intramolecular Hbond substituents is 1. The van der Waals surface area contributed by atoms with Crippen LogP contribution in [-0.4, -0.2) is 34.2 Å². The Hall–Kier alpha value is -3.29. The minimum absolute atomic E-state index is 0.0815. The Kier molecular flexibility index (Phi) is 4.88. The molecular weight excluding hydrogens is 316 g/mol. The molecule has 0 bridgehead atoms. The first-order valence-electron chi connectivity index (χ1n) is 6.95. The van der Waals surface area contributed by atoms with Crippen LogP contribution in [0.1, 0.15) is 33.8 Å². The number of hydrogen-bond acceptors (Lipinski definition) is 6. The summed E-state index contributed by atoms with van der Waals surface area (Å²) in [5.41, 5.74) is 4.49. The van der Waals surface area contributed by atoms with E-state index in [1.165, 1.54) is 18.2 Å². The number of carbonyl (C=O) groups excluding carboxylic acids is 2. The van der Waals surface area contributed by atoms with Crippen LogP contribution in [0, 0.1) is 0 Å². The van der Waals surface area contributed by atoms with E-state index in [4.69, 9.17) is 5.73 Å². The largest absolute Gasteiger partial charge is 0.508 e. The maximum atomic E-state index is 12.2. The number of esters is 1. The highest BCUT2D eigenvalue weighted by molar-refractivity contribution is 5.92. The summed E-state index contributed by atoms with van der Waals surface area (Å²) in [5.74, 6) is -3.19. The Balaban J connectivity index is 2.68. The molecule has 0 radical (unpaired) electrons. The van der Waals surface area contributed by atoms with Crippen LogP contribution in [0.25, 0.3) is 0 Å². The third-order valence-electron chi connectivity index (χ3n) is 3.53. The van der Waals surface area contributed by atoms with Gasteiger partial charge in [-0.15, -0.1) is 0 Å². The number of benzene rings is 1. The topological polar surface area (TPSA) is 143 Å². The number of aromatic hydroxyl groups is 2. The first kappa shape index (κ1) is 17.1. The number of rotatable bonds is 5. The van der Waals surface area contributed by atoms with Crippen LogP contribution >= 0.6 is 0 Å². The number of aromatic nitrogens is 1. The smallest absolute Gasteiger partial charge is 0.343 e. The molecule has 0 saturated carbocycles. The average Bonchev–Trinajstić information content (AvgIpc) is 2.53. The highest BCUT2D eigenvalue weighted by atomic mass is 16.5. The van der Waals surface area contributed by atoms with Gasteiger partial charge in [0.15, 0.2) is 0 Å². The minimum Gasteiger partial charge on any atom is -0.508 e. The standard InChI is InChI=1S/C16H16N2O6/c1-24-16(23)11-7-18-15(22)13(14(11)21)10(6-12(17)20)8-3-2-4-9(19)5-8/h2-5,7,10,19H,6H2,1H3,(H2,17,20)(H2,18,21,22)/t10-/m1/s1. The van der Waals surface area contributed by atoms with Gasteiger partial charge in [-0.05, 0) is 17.7 Å². The predicted octanol–water partition coefficient (Wildman–Crippen LogP) is 0.580. The Labute approximate surface area is 136 Å². The fraction of sp³-hybridized carbons (Fsp3) is 0.188. The SMILES string of the molecule is COC(=O)c1c[nH]c(=O)c([C@H](CC(N)=O)c2cccc(O)c2)c1O. The summed E-state index contributed by atoms with van der Waals surface area (Å²) in [6, 6.07) is 5.85. The van der Waals surface area contributed by atoms with Gasteiger partial charge in [-0.3, -0.25) is 9.59 Å². The molecule has 1 amide bonds. The second-order valence-corrected chi connectivity index (χ2v) is 5.10. The van der Waals surface area contributed by atoms with E-state index in [1.807, 2.05) is 0 Å². The molecule has 1 aromatic carbocycles. The van der Waals surface area contributed by atoms with Crippen molar-refractivity contribution in [2.75, 3.05) is 7.11 Å². The molecule has 1 aromatic heterocycles. The lowest BCUT2D eigenvalue weighted by molar-refractivity contribution is -0.118. The Morgan fingerprint density at radius 3 is 2.62 bits per heavy atom. The van der Waals surface area contributed by atoms with Crippen molar-refractivity contribution >= 4 is 11.9 Å². The van der Waals surface area contributed by atoms with Crippen LogP contribution in [0.3, 0.4) is 0 Å². The molecule has 0 aliphatic rings. The molecule has 0 unspecified atom stereocenters. The molecule has 1 heterocycles. The molecule has 1 atom stereocenters. The lowest BCUT2D eigenvalue weighted by atomic mass is 9.87. The summed E-state index contributed by atoms with van der Waals surface area (Å²) in [7, 11) is 1.13. The van der Waals surface area contributed by atoms with Crippen LogP contribution in [0.4, 0.5) is 0 Å². The molecule has 0 aliphatic carbocycles. The van der Waals surface area contributed by atoms with Gasteiger partial charge in [-0.25, -0.2) is 4.79 Å². The van der Waals surface area contributed by atoms with Crippen molar-refractivity contribution < 1.29 is 24.5 Å². The molecule has 8 nitrogen and oxygen atoms in total. The molecule has 24 heavy (non-hydrogen) atoms. The van der Waals surface area contributed by atoms with Crippen molar-refractivity contribution in [3.05, 3.63) is 57.5 Å². The number of ether oxygens (including phenoxy) is 1. The zero-order valence-electron chi connectivity index (χ0n) is 12.8. The van der Waals surface area contributed by atoms with Crippen LogP contribution < -0.4 is 11.3 Å². The summed E-state index contributed by atoms with van der Waals surface area (Å²) in [6.07, 6.45) is 0.724. The van der Waals surface area contributed by atoms with E-state index in [-0.39, 0.29) is 23.3 Å². The second-order valence-electron chi connectivity index (χ2n) is 5.10. The number of primary amides is 1. The fourth-order valence-corrected chi connectivity index (χ4v) is 2.45. The molecular formula is C16H16N2O6. The van der Waals surface area contributed by atoms with Gasteiger partial charge in [0, 0.05) is 18.5 Å². The van der Waals surface area contributed by atoms with E-state index in [2.05, 4.69) is 9.72 Å². The normalized spacial score (nSPS) is 11.7. The second kappa shape index (κ2) is 6.86. The molecule has 5 N–H and O–H groups in total. The van der Waals surface area contributed by atoms with Gasteiger partial charge >= 0.3 is 5.97 Å². The molecule has 0 saturated heterocycles. The van der Waals surface area contributed by atoms with E-state index in [9.17, 15) is 24.6 Å². The summed E-state index contributed by atoms with van der Waals surface area (Å²) >= 11 is 0. The first-order chi connectivity index (χ1) is 11.3. The molecule has 0 spiro atoms. The Morgan fingerprint density at radius 1 is 1.33 bits per heavy atom. The number of pyridine rings is 1. The van der Waals surface area contributed by atoms with Crippen molar-refractivity contribution in [2.24, 2.45) is 5.73 Å². The zero-order valence-corrected chi connectivity index (χ0v) is 12.8. The van der Waals surface area contributed by atoms with E-state index in [0.717, 1.165) is 13.3 Å². The number of methoxy groups -OCH3 is 1. The van der Waals surface area contributed by atoms with Crippen LogP contribution in [-0.2, 0) is 9.53 Å². The number of aromatic amines is 1. The number of phenols is 1. The number of H-pyrrole nitrogens is 1. The van der Waals surface area contributed by atoms with Crippen LogP contribution in [0.2, 0.25) is 0 Å². The van der Waals surface area contributed by atoms with E-state index < -0.39 is 29.1 Å². The lowest BCUT2D eigenvalue weighted by Gasteiger charge is -2.18. The number of nitrogens with two attached hydrogens (primary N) is 1. The number of hydrogen-bond donors (Lipinski definition) is 4. The third-order valence-corrected chi connectivity index (χ3v) is 3.53. The third kappa shape index (κ3) is 3.37. The number of nitrogens with one attached hydrogen (secondary N) is 1. The molecule has 2 aromatic rings. The molecule has 8 heteroatoms. The highest BCUT2D eigenvalue weighted by Gasteiger charge is 2.27. The van der Waals surface area contributed by atoms with Crippen molar-refractivity contribution in [3.63, 3.8) is 0 Å². The Bertz CT molecular complexity index is 843. The van der Waals surface area contributed by atoms with Gasteiger partial charge in [0.25, 0.3) is 5.56 Å². The number of carbonyl (C=O) groups is 2. The summed E-state index contributed by atoms with van der Waals surface area (Å²) in [4.78, 5) is 37.6. The summed E-state index contributed by atoms with van der Waals surface area (Å²) < 4.78 is 4.55. The van der Waals surface area contributed by atoms with E-state index in [1.54, 1.807) is 6.07 Å². The van der Waals surface area contributed by atoms with Gasteiger partial charge in [0.2, 0.25) is 5.91 Å². The van der Waals surface area contributed by atoms with Gasteiger partial charge in [0.05, 0.1) is 12.7 Å². The highest BCUT2D eigenvalue weighted by Crippen LogP contribution is 2.34. The number of amides is 1. The van der Waals surface area contributed by atoms with Gasteiger partial charge in [-0.2, -0.15) is 0 Å².